The van der Waals surface area contributed by atoms with Gasteiger partial charge in [-0.25, -0.2) is 0 Å². The molecule has 0 spiro atoms. The van der Waals surface area contributed by atoms with E-state index >= 15 is 0 Å². The van der Waals surface area contributed by atoms with Gasteiger partial charge in [-0.1, -0.05) is 18.9 Å². The Morgan fingerprint density at radius 2 is 1.85 bits per heavy atom. The molecule has 0 saturated heterocycles. The Morgan fingerprint density at radius 1 is 1.20 bits per heavy atom. The van der Waals surface area contributed by atoms with Gasteiger partial charge in [-0.05, 0) is 37.5 Å². The molecule has 0 aromatic carbocycles. The Labute approximate surface area is 124 Å². The molecule has 0 radical (unpaired) electrons. The van der Waals surface area contributed by atoms with Gasteiger partial charge in [-0.15, -0.1) is 11.6 Å². The molecule has 110 valence electrons. The highest BCUT2D eigenvalue weighted by Gasteiger charge is 2.31. The molecule has 0 aliphatic heterocycles. The Bertz CT molecular complexity index is 422. The summed E-state index contributed by atoms with van der Waals surface area (Å²) >= 11 is 6.34. The summed E-state index contributed by atoms with van der Waals surface area (Å²) in [6.07, 6.45) is 9.19. The van der Waals surface area contributed by atoms with Crippen LogP contribution >= 0.6 is 11.6 Å². The summed E-state index contributed by atoms with van der Waals surface area (Å²) in [6, 6.07) is 1.90. The second-order valence-corrected chi connectivity index (χ2v) is 6.55. The summed E-state index contributed by atoms with van der Waals surface area (Å²) in [6.45, 7) is 0. The zero-order valence-electron chi connectivity index (χ0n) is 11.6. The van der Waals surface area contributed by atoms with Gasteiger partial charge in [0.15, 0.2) is 0 Å². The van der Waals surface area contributed by atoms with E-state index in [4.69, 9.17) is 11.6 Å². The van der Waals surface area contributed by atoms with Crippen LogP contribution in [-0.4, -0.2) is 16.3 Å². The molecule has 4 nitrogen and oxygen atoms in total. The lowest BCUT2D eigenvalue weighted by Crippen LogP contribution is -2.27. The summed E-state index contributed by atoms with van der Waals surface area (Å²) < 4.78 is 0. The number of hydrogen-bond donors (Lipinski definition) is 0. The third kappa shape index (κ3) is 3.73. The third-order valence-electron chi connectivity index (χ3n) is 4.69. The molecule has 0 N–H and O–H groups in total. The van der Waals surface area contributed by atoms with E-state index in [-0.39, 0.29) is 16.2 Å². The van der Waals surface area contributed by atoms with Crippen LogP contribution < -0.4 is 0 Å². The van der Waals surface area contributed by atoms with E-state index < -0.39 is 6.04 Å². The maximum absolute atomic E-state index is 10.8. The van der Waals surface area contributed by atoms with Crippen LogP contribution in [-0.2, 0) is 0 Å². The molecular formula is C15H21ClN2O2. The van der Waals surface area contributed by atoms with E-state index in [1.165, 1.54) is 12.8 Å². The SMILES string of the molecule is N#CC(=CC1CCCCC1Cl)C1CCC([N+](=O)[O-])CC1. The van der Waals surface area contributed by atoms with Crippen LogP contribution in [0.5, 0.6) is 0 Å². The molecule has 0 bridgehead atoms. The molecule has 2 unspecified atom stereocenters. The van der Waals surface area contributed by atoms with Gasteiger partial charge in [0.2, 0.25) is 6.04 Å². The highest BCUT2D eigenvalue weighted by Crippen LogP contribution is 2.35. The first-order valence-corrected chi connectivity index (χ1v) is 7.95. The number of nitro groups is 1. The second kappa shape index (κ2) is 7.08. The molecule has 0 amide bonds. The highest BCUT2D eigenvalue weighted by atomic mass is 35.5. The van der Waals surface area contributed by atoms with E-state index in [1.807, 2.05) is 0 Å². The molecule has 2 saturated carbocycles. The first-order chi connectivity index (χ1) is 9.61. The zero-order valence-corrected chi connectivity index (χ0v) is 12.4. The minimum absolute atomic E-state index is 0.141. The Hall–Kier alpha value is -1.08. The molecule has 2 atom stereocenters. The van der Waals surface area contributed by atoms with Crippen molar-refractivity contribution in [2.45, 2.75) is 62.8 Å². The number of allylic oxidation sites excluding steroid dienone is 2. The van der Waals surface area contributed by atoms with Crippen LogP contribution in [0.3, 0.4) is 0 Å². The Morgan fingerprint density at radius 3 is 2.40 bits per heavy atom. The van der Waals surface area contributed by atoms with E-state index in [0.29, 0.717) is 18.8 Å². The quantitative estimate of drug-likeness (QED) is 0.341. The summed E-state index contributed by atoms with van der Waals surface area (Å²) in [5.74, 6) is 0.496. The van der Waals surface area contributed by atoms with Crippen LogP contribution in [0.15, 0.2) is 11.6 Å². The standard InChI is InChI=1S/C15H21ClN2O2/c16-15-4-2-1-3-12(15)9-13(10-17)11-5-7-14(8-6-11)18(19)20/h9,11-12,14-15H,1-8H2. The van der Waals surface area contributed by atoms with Crippen molar-refractivity contribution in [3.8, 4) is 6.07 Å². The van der Waals surface area contributed by atoms with Gasteiger partial charge in [0.25, 0.3) is 0 Å². The fourth-order valence-electron chi connectivity index (χ4n) is 3.39. The Kier molecular flexibility index (Phi) is 5.42. The molecule has 0 aromatic heterocycles. The molecule has 2 fully saturated rings. The molecule has 2 rings (SSSR count). The van der Waals surface area contributed by atoms with Crippen LogP contribution in [0.1, 0.15) is 51.4 Å². The number of nitrogens with zero attached hydrogens (tertiary/aromatic N) is 2. The van der Waals surface area contributed by atoms with Gasteiger partial charge >= 0.3 is 0 Å². The van der Waals surface area contributed by atoms with Crippen molar-refractivity contribution in [2.75, 3.05) is 0 Å². The van der Waals surface area contributed by atoms with Crippen molar-refractivity contribution >= 4 is 11.6 Å². The third-order valence-corrected chi connectivity index (χ3v) is 5.23. The number of halogens is 1. The predicted octanol–water partition coefficient (Wildman–Crippen LogP) is 4.07. The van der Waals surface area contributed by atoms with Gasteiger partial charge in [-0.2, -0.15) is 5.26 Å². The maximum atomic E-state index is 10.8. The van der Waals surface area contributed by atoms with Crippen LogP contribution in [0.4, 0.5) is 0 Å². The van der Waals surface area contributed by atoms with E-state index in [9.17, 15) is 15.4 Å². The first kappa shape index (κ1) is 15.3. The van der Waals surface area contributed by atoms with Crippen molar-refractivity contribution in [3.05, 3.63) is 21.8 Å². The second-order valence-electron chi connectivity index (χ2n) is 5.99. The van der Waals surface area contributed by atoms with Crippen molar-refractivity contribution in [1.82, 2.24) is 0 Å². The monoisotopic (exact) mass is 296 g/mol. The average molecular weight is 297 g/mol. The molecular weight excluding hydrogens is 276 g/mol. The number of hydrogen-bond acceptors (Lipinski definition) is 3. The topological polar surface area (TPSA) is 66.9 Å². The minimum Gasteiger partial charge on any atom is -0.264 e. The summed E-state index contributed by atoms with van der Waals surface area (Å²) in [7, 11) is 0. The molecule has 5 heteroatoms. The smallest absolute Gasteiger partial charge is 0.213 e. The van der Waals surface area contributed by atoms with E-state index in [1.54, 1.807) is 0 Å². The molecule has 2 aliphatic carbocycles. The van der Waals surface area contributed by atoms with Crippen molar-refractivity contribution in [2.24, 2.45) is 11.8 Å². The normalized spacial score (nSPS) is 35.3. The number of nitriles is 1. The van der Waals surface area contributed by atoms with Gasteiger partial charge in [0.05, 0.1) is 6.07 Å². The largest absolute Gasteiger partial charge is 0.264 e. The van der Waals surface area contributed by atoms with Crippen LogP contribution in [0, 0.1) is 33.3 Å². The lowest BCUT2D eigenvalue weighted by molar-refractivity contribution is -0.526. The molecule has 2 aliphatic rings. The Balaban J connectivity index is 1.98. The summed E-state index contributed by atoms with van der Waals surface area (Å²) in [5.41, 5.74) is 0.810. The summed E-state index contributed by atoms with van der Waals surface area (Å²) in [4.78, 5) is 10.6. The lowest BCUT2D eigenvalue weighted by atomic mass is 9.79. The van der Waals surface area contributed by atoms with Gasteiger partial charge in [0, 0.05) is 28.7 Å². The molecule has 0 heterocycles. The lowest BCUT2D eigenvalue weighted by Gasteiger charge is -2.27. The van der Waals surface area contributed by atoms with Gasteiger partial charge in [0.1, 0.15) is 0 Å². The molecule has 20 heavy (non-hydrogen) atoms. The number of rotatable bonds is 3. The van der Waals surface area contributed by atoms with Gasteiger partial charge in [-0.3, -0.25) is 10.1 Å². The molecule has 0 aromatic rings. The van der Waals surface area contributed by atoms with Gasteiger partial charge < -0.3 is 0 Å². The minimum atomic E-state index is -0.415. The van der Waals surface area contributed by atoms with E-state index in [0.717, 1.165) is 31.3 Å². The van der Waals surface area contributed by atoms with Crippen molar-refractivity contribution in [3.63, 3.8) is 0 Å². The van der Waals surface area contributed by atoms with E-state index in [2.05, 4.69) is 12.1 Å². The zero-order chi connectivity index (χ0) is 14.5. The average Bonchev–Trinajstić information content (AvgIpc) is 2.46. The predicted molar refractivity (Wildman–Crippen MR) is 78.0 cm³/mol. The fraction of sp³-hybridized carbons (Fsp3) is 0.800. The van der Waals surface area contributed by atoms with Crippen molar-refractivity contribution < 1.29 is 4.92 Å². The van der Waals surface area contributed by atoms with Crippen LogP contribution in [0.2, 0.25) is 0 Å². The number of alkyl halides is 1. The highest BCUT2D eigenvalue weighted by molar-refractivity contribution is 6.20. The first-order valence-electron chi connectivity index (χ1n) is 7.51. The van der Waals surface area contributed by atoms with Crippen molar-refractivity contribution in [1.29, 1.82) is 5.26 Å². The van der Waals surface area contributed by atoms with Crippen LogP contribution in [0.25, 0.3) is 0 Å². The maximum Gasteiger partial charge on any atom is 0.213 e. The summed E-state index contributed by atoms with van der Waals surface area (Å²) in [5, 5.41) is 20.3. The fourth-order valence-corrected chi connectivity index (χ4v) is 3.75.